The zero-order valence-electron chi connectivity index (χ0n) is 76.5. The molecule has 0 radical (unpaired) electrons. The van der Waals surface area contributed by atoms with Gasteiger partial charge in [0.15, 0.2) is 0 Å². The van der Waals surface area contributed by atoms with Crippen molar-refractivity contribution in [1.82, 2.24) is 0 Å². The van der Waals surface area contributed by atoms with Crippen LogP contribution in [0.4, 0.5) is 34.1 Å². The number of hydrogen-bond acceptors (Lipinski definition) is 2. The molecule has 127 heavy (non-hydrogen) atoms. The van der Waals surface area contributed by atoms with Gasteiger partial charge in [-0.05, 0) is 234 Å². The molecule has 0 spiro atoms. The predicted octanol–water partition coefficient (Wildman–Crippen LogP) is 37.3. The van der Waals surface area contributed by atoms with Crippen LogP contribution in [0.2, 0.25) is 0 Å². The molecule has 20 rings (SSSR count). The summed E-state index contributed by atoms with van der Waals surface area (Å²) in [7, 11) is 0. The van der Waals surface area contributed by atoms with Crippen LogP contribution in [0.25, 0.3) is 77.9 Å². The van der Waals surface area contributed by atoms with Gasteiger partial charge >= 0.3 is 0 Å². The molecule has 0 amide bonds. The minimum Gasteiger partial charge on any atom is -0.311 e. The molecule has 0 N–H and O–H groups in total. The summed E-state index contributed by atoms with van der Waals surface area (Å²) in [5, 5.41) is 0. The second-order valence-electron chi connectivity index (χ2n) is 38.1. The third-order valence-corrected chi connectivity index (χ3v) is 28.7. The van der Waals surface area contributed by atoms with E-state index in [-0.39, 0.29) is 10.8 Å². The largest absolute Gasteiger partial charge is 0.311 e. The molecule has 14 aromatic rings. The Labute approximate surface area is 763 Å². The van der Waals surface area contributed by atoms with E-state index in [1.807, 2.05) is 12.1 Å². The Morgan fingerprint density at radius 3 is 0.709 bits per heavy atom. The van der Waals surface area contributed by atoms with Crippen molar-refractivity contribution >= 4 is 34.1 Å². The lowest BCUT2D eigenvalue weighted by Gasteiger charge is -2.26. The van der Waals surface area contributed by atoms with E-state index in [9.17, 15) is 0 Å². The summed E-state index contributed by atoms with van der Waals surface area (Å²) in [4.78, 5) is 4.56. The highest BCUT2D eigenvalue weighted by Crippen LogP contribution is 2.52. The maximum atomic E-state index is 2.46. The third kappa shape index (κ3) is 23.2. The van der Waals surface area contributed by atoms with E-state index >= 15 is 0 Å². The molecule has 646 valence electrons. The van der Waals surface area contributed by atoms with Gasteiger partial charge in [0.2, 0.25) is 0 Å². The van der Waals surface area contributed by atoms with Crippen LogP contribution in [0.5, 0.6) is 0 Å². The highest BCUT2D eigenvalue weighted by Gasteiger charge is 2.37. The first-order valence-electron chi connectivity index (χ1n) is 49.0. The maximum absolute atomic E-state index is 2.46. The summed E-state index contributed by atoms with van der Waals surface area (Å²) in [6.07, 6.45) is 48.5. The molecule has 0 aromatic heterocycles. The van der Waals surface area contributed by atoms with Crippen LogP contribution in [0, 0.1) is 23.7 Å². The predicted molar refractivity (Wildman–Crippen MR) is 548 cm³/mol. The van der Waals surface area contributed by atoms with Gasteiger partial charge in [-0.3, -0.25) is 0 Å². The third-order valence-electron chi connectivity index (χ3n) is 28.7. The Bertz CT molecular complexity index is 5220. The second kappa shape index (κ2) is 44.7. The first-order valence-corrected chi connectivity index (χ1v) is 49.0. The maximum Gasteiger partial charge on any atom is 0.0462 e. The van der Waals surface area contributed by atoms with Crippen molar-refractivity contribution in [2.45, 2.75) is 225 Å². The monoisotopic (exact) mass is 1670 g/mol. The smallest absolute Gasteiger partial charge is 0.0462 e. The molecule has 0 atom stereocenters. The standard InChI is InChI=1S/C36H28N2.C36H30.C20H36.C18H14.C15H28/c1-5-13-31(14-6-1)37(32-15-7-2-8-16-32)35-25-21-29(22-26-35)30-23-27-36(28-24-30)38(33-17-9-3-10-18-33)34-19-11-4-12-20-34;1-35(2)31-11-7-5-9-27(31)29-19-17-25(21-33(29)35)23-13-15-24(16-14-23)26-18-20-30-28-10-6-8-12-32(28)36(3,4)34(30)22-26;1(3-7-13-19-15-9-5-10-16-19)2-4-8-14-20-17-11-6-12-18-20;1-3-7-15(8-4-1)17-11-13-18(14-12-17)16-9-5-2-6-10-16;1-3-8-14(9-4-1)12-7-13-15-10-5-2-6-11-15/h1-28H;5-22H,1-4H3;1-2,19-20H,3-18H2;1-14H;14-15H,1-13H2/b;;2-1-;;. The Hall–Kier alpha value is -11.6. The van der Waals surface area contributed by atoms with Gasteiger partial charge in [0, 0.05) is 45.0 Å². The Morgan fingerprint density at radius 2 is 0.417 bits per heavy atom. The minimum atomic E-state index is 0.0245. The van der Waals surface area contributed by atoms with Crippen molar-refractivity contribution in [1.29, 1.82) is 0 Å². The van der Waals surface area contributed by atoms with E-state index in [4.69, 9.17) is 0 Å². The van der Waals surface area contributed by atoms with Crippen LogP contribution < -0.4 is 9.80 Å². The van der Waals surface area contributed by atoms with Gasteiger partial charge in [-0.2, -0.15) is 0 Å². The molecule has 4 fully saturated rings. The summed E-state index contributed by atoms with van der Waals surface area (Å²) in [5.74, 6) is 4.37. The minimum absolute atomic E-state index is 0.0245. The van der Waals surface area contributed by atoms with Gasteiger partial charge in [-0.1, -0.05) is 479 Å². The first kappa shape index (κ1) is 88.8. The summed E-state index contributed by atoms with van der Waals surface area (Å²) >= 11 is 0. The number of hydrogen-bond donors (Lipinski definition) is 0. The highest BCUT2D eigenvalue weighted by atomic mass is 15.1. The zero-order valence-corrected chi connectivity index (χ0v) is 76.5. The Balaban J connectivity index is 0.000000123. The average Bonchev–Trinajstić information content (AvgIpc) is 1.58. The van der Waals surface area contributed by atoms with Crippen molar-refractivity contribution in [2.75, 3.05) is 9.80 Å². The lowest BCUT2D eigenvalue weighted by atomic mass is 9.81. The molecule has 0 bridgehead atoms. The molecule has 2 nitrogen and oxygen atoms in total. The average molecular weight is 1670 g/mol. The van der Waals surface area contributed by atoms with Crippen LogP contribution in [0.15, 0.2) is 376 Å². The lowest BCUT2D eigenvalue weighted by molar-refractivity contribution is 0.291. The molecule has 6 aliphatic carbocycles. The van der Waals surface area contributed by atoms with Gasteiger partial charge in [0.25, 0.3) is 0 Å². The molecule has 6 aliphatic rings. The number of para-hydroxylation sites is 4. The van der Waals surface area contributed by atoms with Crippen molar-refractivity contribution in [3.63, 3.8) is 0 Å². The summed E-state index contributed by atoms with van der Waals surface area (Å²) in [6, 6.07) is 130. The number of rotatable bonds is 23. The normalized spacial score (nSPS) is 15.7. The number of nitrogens with zero attached hydrogens (tertiary/aromatic N) is 2. The molecule has 0 saturated heterocycles. The van der Waals surface area contributed by atoms with Gasteiger partial charge in [0.05, 0.1) is 0 Å². The lowest BCUT2D eigenvalue weighted by Crippen LogP contribution is -2.14. The van der Waals surface area contributed by atoms with E-state index < -0.39 is 0 Å². The SMILES string of the molecule is C(=C/CCCC1CCCCC1)/CCCC1CCCCC1.C1CCC(CCCC2CCCCC2)CC1.CC1(C)c2ccccc2-c2ccc(-c3ccc(-c4ccc5c(c4)C(C)(C)c4ccccc4-5)cc3)cc21.c1ccc(-c2ccc(-c3ccccc3)cc2)cc1.c1ccc(N(c2ccccc2)c2ccc(-c3ccc(N(c4ccccc4)c4ccccc4)cc3)cc2)cc1. The summed E-state index contributed by atoms with van der Waals surface area (Å²) in [6.45, 7) is 9.38. The van der Waals surface area contributed by atoms with Gasteiger partial charge in [0.1, 0.15) is 0 Å². The van der Waals surface area contributed by atoms with Gasteiger partial charge < -0.3 is 9.80 Å². The topological polar surface area (TPSA) is 6.48 Å². The molecule has 0 unspecified atom stereocenters. The summed E-state index contributed by atoms with van der Waals surface area (Å²) in [5.41, 5.74) is 30.6. The number of allylic oxidation sites excluding steroid dienone is 2. The quantitative estimate of drug-likeness (QED) is 0.0465. The highest BCUT2D eigenvalue weighted by molar-refractivity contribution is 5.87. The van der Waals surface area contributed by atoms with Crippen molar-refractivity contribution < 1.29 is 0 Å². The van der Waals surface area contributed by atoms with E-state index in [0.717, 1.165) is 57.8 Å². The van der Waals surface area contributed by atoms with E-state index in [0.29, 0.717) is 0 Å². The fourth-order valence-corrected chi connectivity index (χ4v) is 21.4. The number of unbranched alkanes of at least 4 members (excludes halogenated alkanes) is 2. The van der Waals surface area contributed by atoms with Crippen LogP contribution in [-0.4, -0.2) is 0 Å². The molecule has 4 saturated carbocycles. The second-order valence-corrected chi connectivity index (χ2v) is 38.1. The zero-order chi connectivity index (χ0) is 86.7. The van der Waals surface area contributed by atoms with Crippen LogP contribution in [0.3, 0.4) is 0 Å². The molecular weight excluding hydrogens is 1530 g/mol. The van der Waals surface area contributed by atoms with E-state index in [1.165, 1.54) is 248 Å². The molecule has 0 heterocycles. The van der Waals surface area contributed by atoms with Crippen LogP contribution >= 0.6 is 0 Å². The van der Waals surface area contributed by atoms with Crippen LogP contribution in [-0.2, 0) is 10.8 Å². The number of fused-ring (bicyclic) bond motifs is 6. The fraction of sp³-hybridized carbons (Fsp3) is 0.312. The number of benzene rings is 14. The number of anilines is 6. The van der Waals surface area contributed by atoms with Crippen molar-refractivity contribution in [3.8, 4) is 77.9 Å². The van der Waals surface area contributed by atoms with E-state index in [2.05, 4.69) is 401 Å². The van der Waals surface area contributed by atoms with Crippen molar-refractivity contribution in [3.05, 3.63) is 398 Å². The Morgan fingerprint density at radius 1 is 0.205 bits per heavy atom. The molecule has 0 aliphatic heterocycles. The van der Waals surface area contributed by atoms with Crippen molar-refractivity contribution in [2.24, 2.45) is 23.7 Å². The fourth-order valence-electron chi connectivity index (χ4n) is 21.4. The van der Waals surface area contributed by atoms with E-state index in [1.54, 1.807) is 38.5 Å². The molecule has 2 heteroatoms. The first-order chi connectivity index (χ1) is 62.6. The molecular formula is C125H136N2. The summed E-state index contributed by atoms with van der Waals surface area (Å²) < 4.78 is 0. The van der Waals surface area contributed by atoms with Gasteiger partial charge in [-0.15, -0.1) is 0 Å². The van der Waals surface area contributed by atoms with Gasteiger partial charge in [-0.25, -0.2) is 0 Å². The molecule has 14 aromatic carbocycles. The Kier molecular flexibility index (Phi) is 31.3. The van der Waals surface area contributed by atoms with Crippen LogP contribution in [0.1, 0.15) is 236 Å².